The van der Waals surface area contributed by atoms with Gasteiger partial charge in [-0.3, -0.25) is 13.9 Å². The van der Waals surface area contributed by atoms with Crippen LogP contribution in [0.15, 0.2) is 77.7 Å². The van der Waals surface area contributed by atoms with Crippen LogP contribution in [-0.4, -0.2) is 50.4 Å². The third-order valence-corrected chi connectivity index (χ3v) is 8.19. The summed E-state index contributed by atoms with van der Waals surface area (Å²) in [5.41, 5.74) is 1.83. The molecule has 0 aromatic heterocycles. The molecule has 1 N–H and O–H groups in total. The second-order valence-electron chi connectivity index (χ2n) is 9.99. The summed E-state index contributed by atoms with van der Waals surface area (Å²) in [5.74, 6) is -0.829. The van der Waals surface area contributed by atoms with Crippen LogP contribution in [0.2, 0.25) is 0 Å². The van der Waals surface area contributed by atoms with Gasteiger partial charge in [-0.25, -0.2) is 12.8 Å². The molecule has 3 aromatic carbocycles. The third-order valence-electron chi connectivity index (χ3n) is 6.41. The molecule has 0 aliphatic carbocycles. The van der Waals surface area contributed by atoms with E-state index >= 15 is 0 Å². The number of sulfonamides is 1. The lowest BCUT2D eigenvalue weighted by atomic mass is 10.1. The van der Waals surface area contributed by atoms with Crippen LogP contribution in [0.5, 0.6) is 5.75 Å². The van der Waals surface area contributed by atoms with Gasteiger partial charge in [0, 0.05) is 12.6 Å². The van der Waals surface area contributed by atoms with Gasteiger partial charge in [0.15, 0.2) is 0 Å². The number of amides is 2. The molecule has 8 nitrogen and oxygen atoms in total. The van der Waals surface area contributed by atoms with Gasteiger partial charge < -0.3 is 15.0 Å². The number of aryl methyl sites for hydroxylation is 1. The van der Waals surface area contributed by atoms with E-state index in [1.807, 2.05) is 27.7 Å². The van der Waals surface area contributed by atoms with Crippen molar-refractivity contribution in [3.63, 3.8) is 0 Å². The Hall–Kier alpha value is -3.92. The van der Waals surface area contributed by atoms with Crippen LogP contribution in [0.3, 0.4) is 0 Å². The molecule has 0 saturated heterocycles. The molecule has 220 valence electrons. The van der Waals surface area contributed by atoms with Gasteiger partial charge in [0.2, 0.25) is 11.8 Å². The van der Waals surface area contributed by atoms with Crippen LogP contribution in [0, 0.1) is 12.7 Å². The van der Waals surface area contributed by atoms with Crippen molar-refractivity contribution in [1.29, 1.82) is 0 Å². The number of nitrogens with one attached hydrogen (secondary N) is 1. The van der Waals surface area contributed by atoms with Crippen molar-refractivity contribution in [3.8, 4) is 5.75 Å². The van der Waals surface area contributed by atoms with Gasteiger partial charge in [-0.1, -0.05) is 36.8 Å². The lowest BCUT2D eigenvalue weighted by Crippen LogP contribution is -2.53. The molecule has 0 radical (unpaired) electrons. The largest absolute Gasteiger partial charge is 0.494 e. The van der Waals surface area contributed by atoms with Gasteiger partial charge in [0.25, 0.3) is 10.0 Å². The Balaban J connectivity index is 2.04. The lowest BCUT2D eigenvalue weighted by Gasteiger charge is -2.33. The van der Waals surface area contributed by atoms with Crippen LogP contribution in [-0.2, 0) is 26.2 Å². The SMILES string of the molecule is CCOc1ccc(S(=O)(=O)N(CC(=O)N(Cc2ccc(F)cc2)[C@H](CC)C(=O)NC(C)C)c2ccc(C)cc2)cc1. The van der Waals surface area contributed by atoms with E-state index in [2.05, 4.69) is 5.32 Å². The highest BCUT2D eigenvalue weighted by molar-refractivity contribution is 7.92. The van der Waals surface area contributed by atoms with Gasteiger partial charge in [0.1, 0.15) is 24.2 Å². The number of carbonyl (C=O) groups excluding carboxylic acids is 2. The molecule has 0 heterocycles. The minimum absolute atomic E-state index is 0.00598. The van der Waals surface area contributed by atoms with Gasteiger partial charge in [-0.05, 0) is 88.2 Å². The molecule has 0 bridgehead atoms. The van der Waals surface area contributed by atoms with Crippen LogP contribution in [0.1, 0.15) is 45.2 Å². The fourth-order valence-corrected chi connectivity index (χ4v) is 5.74. The Bertz CT molecular complexity index is 1410. The molecule has 1 atom stereocenters. The average molecular weight is 584 g/mol. The molecule has 41 heavy (non-hydrogen) atoms. The van der Waals surface area contributed by atoms with E-state index in [0.717, 1.165) is 9.87 Å². The molecule has 2 amide bonds. The lowest BCUT2D eigenvalue weighted by molar-refractivity contribution is -0.140. The first-order chi connectivity index (χ1) is 19.5. The molecule has 0 unspecified atom stereocenters. The number of nitrogens with zero attached hydrogens (tertiary/aromatic N) is 2. The summed E-state index contributed by atoms with van der Waals surface area (Å²) >= 11 is 0. The van der Waals surface area contributed by atoms with E-state index in [1.54, 1.807) is 43.3 Å². The summed E-state index contributed by atoms with van der Waals surface area (Å²) in [4.78, 5) is 28.5. The standard InChI is InChI=1S/C31H38FN3O5S/c1-6-29(31(37)33-22(3)4)34(20-24-10-12-25(32)13-11-24)30(36)21-35(26-14-8-23(5)9-15-26)41(38,39)28-18-16-27(17-19-28)40-7-2/h8-19,22,29H,6-7,20-21H2,1-5H3,(H,33,37)/t29-/m1/s1. The van der Waals surface area contributed by atoms with Crippen LogP contribution in [0.25, 0.3) is 0 Å². The summed E-state index contributed by atoms with van der Waals surface area (Å²) in [6, 6.07) is 17.4. The molecule has 10 heteroatoms. The van der Waals surface area contributed by atoms with Crippen molar-refractivity contribution < 1.29 is 27.1 Å². The van der Waals surface area contributed by atoms with Gasteiger partial charge >= 0.3 is 0 Å². The van der Waals surface area contributed by atoms with E-state index in [0.29, 0.717) is 30.0 Å². The summed E-state index contributed by atoms with van der Waals surface area (Å²) < 4.78 is 48.0. The molecule has 0 aliphatic rings. The normalized spacial score (nSPS) is 12.1. The molecule has 3 aromatic rings. The minimum atomic E-state index is -4.20. The molecule has 3 rings (SSSR count). The zero-order valence-electron chi connectivity index (χ0n) is 24.1. The van der Waals surface area contributed by atoms with E-state index in [4.69, 9.17) is 4.74 Å². The number of ether oxygens (including phenoxy) is 1. The fraction of sp³-hybridized carbons (Fsp3) is 0.355. The Labute approximate surface area is 242 Å². The number of halogens is 1. The summed E-state index contributed by atoms with van der Waals surface area (Å²) in [5, 5.41) is 2.85. The maximum atomic E-state index is 14.0. The van der Waals surface area contributed by atoms with Crippen LogP contribution >= 0.6 is 0 Å². The predicted octanol–water partition coefficient (Wildman–Crippen LogP) is 5.06. The topological polar surface area (TPSA) is 96.0 Å². The van der Waals surface area contributed by atoms with Crippen molar-refractivity contribution in [2.24, 2.45) is 0 Å². The maximum Gasteiger partial charge on any atom is 0.264 e. The molecular weight excluding hydrogens is 545 g/mol. The smallest absolute Gasteiger partial charge is 0.264 e. The second kappa shape index (κ2) is 14.1. The molecule has 0 spiro atoms. The van der Waals surface area contributed by atoms with Crippen molar-refractivity contribution in [3.05, 3.63) is 89.7 Å². The zero-order valence-corrected chi connectivity index (χ0v) is 24.9. The zero-order chi connectivity index (χ0) is 30.2. The van der Waals surface area contributed by atoms with Gasteiger partial charge in [-0.15, -0.1) is 0 Å². The summed E-state index contributed by atoms with van der Waals surface area (Å²) in [6.07, 6.45) is 0.293. The number of rotatable bonds is 13. The summed E-state index contributed by atoms with van der Waals surface area (Å²) in [6.45, 7) is 9.01. The Morgan fingerprint density at radius 1 is 0.927 bits per heavy atom. The third kappa shape index (κ3) is 8.29. The molecule has 0 aliphatic heterocycles. The van der Waals surface area contributed by atoms with Crippen molar-refractivity contribution in [1.82, 2.24) is 10.2 Å². The first-order valence-electron chi connectivity index (χ1n) is 13.6. The van der Waals surface area contributed by atoms with Crippen molar-refractivity contribution in [2.75, 3.05) is 17.5 Å². The monoisotopic (exact) mass is 583 g/mol. The molecular formula is C31H38FN3O5S. The Kier molecular flexibility index (Phi) is 10.9. The first-order valence-corrected chi connectivity index (χ1v) is 15.1. The van der Waals surface area contributed by atoms with Crippen LogP contribution in [0.4, 0.5) is 10.1 Å². The van der Waals surface area contributed by atoms with E-state index < -0.39 is 34.3 Å². The highest BCUT2D eigenvalue weighted by Crippen LogP contribution is 2.26. The molecule has 0 fully saturated rings. The minimum Gasteiger partial charge on any atom is -0.494 e. The van der Waals surface area contributed by atoms with E-state index in [-0.39, 0.29) is 23.4 Å². The van der Waals surface area contributed by atoms with Crippen molar-refractivity contribution in [2.45, 2.75) is 64.6 Å². The quantitative estimate of drug-likeness (QED) is 0.304. The van der Waals surface area contributed by atoms with Crippen LogP contribution < -0.4 is 14.4 Å². The maximum absolute atomic E-state index is 14.0. The highest BCUT2D eigenvalue weighted by Gasteiger charge is 2.33. The van der Waals surface area contributed by atoms with Crippen molar-refractivity contribution >= 4 is 27.5 Å². The number of anilines is 1. The number of carbonyl (C=O) groups is 2. The molecule has 0 saturated carbocycles. The van der Waals surface area contributed by atoms with Gasteiger partial charge in [-0.2, -0.15) is 0 Å². The number of hydrogen-bond acceptors (Lipinski definition) is 5. The first kappa shape index (κ1) is 31.6. The Morgan fingerprint density at radius 2 is 1.54 bits per heavy atom. The van der Waals surface area contributed by atoms with E-state index in [9.17, 15) is 22.4 Å². The number of benzene rings is 3. The number of hydrogen-bond donors (Lipinski definition) is 1. The Morgan fingerprint density at radius 3 is 2.07 bits per heavy atom. The van der Waals surface area contributed by atoms with E-state index in [1.165, 1.54) is 41.3 Å². The highest BCUT2D eigenvalue weighted by atomic mass is 32.2. The summed E-state index contributed by atoms with van der Waals surface area (Å²) in [7, 11) is -4.20. The second-order valence-corrected chi connectivity index (χ2v) is 11.8. The predicted molar refractivity (Wildman–Crippen MR) is 158 cm³/mol. The average Bonchev–Trinajstić information content (AvgIpc) is 2.93. The van der Waals surface area contributed by atoms with Gasteiger partial charge in [0.05, 0.1) is 17.2 Å². The fourth-order valence-electron chi connectivity index (χ4n) is 4.33.